The number of likely N-dealkylation sites (tertiary alicyclic amines) is 1. The zero-order chi connectivity index (χ0) is 19.6. The van der Waals surface area contributed by atoms with Crippen LogP contribution in [0.2, 0.25) is 0 Å². The lowest BCUT2D eigenvalue weighted by Crippen LogP contribution is -2.45. The Labute approximate surface area is 191 Å². The van der Waals surface area contributed by atoms with Gasteiger partial charge in [0.15, 0.2) is 11.8 Å². The van der Waals surface area contributed by atoms with E-state index in [4.69, 9.17) is 4.99 Å². The van der Waals surface area contributed by atoms with Crippen LogP contribution in [0.3, 0.4) is 0 Å². The van der Waals surface area contributed by atoms with Gasteiger partial charge in [0, 0.05) is 31.4 Å². The lowest BCUT2D eigenvalue weighted by molar-refractivity contribution is 0.147. The van der Waals surface area contributed by atoms with Gasteiger partial charge in [-0.3, -0.25) is 9.47 Å². The Bertz CT molecular complexity index is 732. The van der Waals surface area contributed by atoms with Gasteiger partial charge in [0.05, 0.1) is 0 Å². The fourth-order valence-electron chi connectivity index (χ4n) is 3.80. The summed E-state index contributed by atoms with van der Waals surface area (Å²) in [6.07, 6.45) is 7.00. The van der Waals surface area contributed by atoms with Crippen LogP contribution in [0, 0.1) is 0 Å². The molecule has 1 aromatic carbocycles. The van der Waals surface area contributed by atoms with Gasteiger partial charge in [-0.2, -0.15) is 0 Å². The zero-order valence-electron chi connectivity index (χ0n) is 17.5. The van der Waals surface area contributed by atoms with E-state index in [9.17, 15) is 0 Å². The van der Waals surface area contributed by atoms with Crippen molar-refractivity contribution in [2.75, 3.05) is 26.2 Å². The molecule has 1 unspecified atom stereocenters. The molecule has 1 aliphatic rings. The quantitative estimate of drug-likeness (QED) is 0.324. The first kappa shape index (κ1) is 23.6. The molecule has 0 saturated carbocycles. The number of para-hydroxylation sites is 1. The molecule has 2 aromatic rings. The topological polar surface area (TPSA) is 70.4 Å². The van der Waals surface area contributed by atoms with Crippen LogP contribution in [0.25, 0.3) is 5.69 Å². The van der Waals surface area contributed by atoms with E-state index in [-0.39, 0.29) is 24.0 Å². The molecule has 0 amide bonds. The summed E-state index contributed by atoms with van der Waals surface area (Å²) in [5, 5.41) is 15.1. The molecule has 1 saturated heterocycles. The molecule has 160 valence electrons. The molecule has 3 rings (SSSR count). The van der Waals surface area contributed by atoms with Gasteiger partial charge >= 0.3 is 0 Å². The van der Waals surface area contributed by atoms with Gasteiger partial charge in [0.1, 0.15) is 12.9 Å². The number of guanidine groups is 1. The number of hydrogen-bond donors (Lipinski definition) is 2. The number of benzene rings is 1. The Morgan fingerprint density at radius 2 is 2.00 bits per heavy atom. The van der Waals surface area contributed by atoms with Crippen LogP contribution >= 0.6 is 24.0 Å². The van der Waals surface area contributed by atoms with Crippen LogP contribution in [0.1, 0.15) is 45.4 Å². The number of rotatable bonds is 8. The van der Waals surface area contributed by atoms with E-state index in [0.717, 1.165) is 43.1 Å². The smallest absolute Gasteiger partial charge is 0.191 e. The molecule has 7 nitrogen and oxygen atoms in total. The van der Waals surface area contributed by atoms with Crippen LogP contribution in [-0.4, -0.2) is 57.8 Å². The van der Waals surface area contributed by atoms with Gasteiger partial charge in [-0.15, -0.1) is 34.2 Å². The predicted octanol–water partition coefficient (Wildman–Crippen LogP) is 3.20. The Morgan fingerprint density at radius 1 is 1.17 bits per heavy atom. The molecule has 1 aromatic heterocycles. The second-order valence-corrected chi connectivity index (χ2v) is 7.17. The highest BCUT2D eigenvalue weighted by atomic mass is 127. The van der Waals surface area contributed by atoms with Crippen LogP contribution < -0.4 is 10.6 Å². The molecule has 29 heavy (non-hydrogen) atoms. The minimum atomic E-state index is 0. The molecule has 2 N–H and O–H groups in total. The number of halogens is 1. The van der Waals surface area contributed by atoms with Crippen LogP contribution in [0.5, 0.6) is 0 Å². The monoisotopic (exact) mass is 511 g/mol. The van der Waals surface area contributed by atoms with Crippen molar-refractivity contribution in [2.45, 2.75) is 52.1 Å². The van der Waals surface area contributed by atoms with Gasteiger partial charge < -0.3 is 10.6 Å². The largest absolute Gasteiger partial charge is 0.357 e. The van der Waals surface area contributed by atoms with Crippen molar-refractivity contribution >= 4 is 29.9 Å². The first-order valence-electron chi connectivity index (χ1n) is 10.5. The van der Waals surface area contributed by atoms with Crippen LogP contribution in [-0.2, 0) is 6.54 Å². The number of aliphatic imine (C=N–C) groups is 1. The van der Waals surface area contributed by atoms with E-state index in [0.29, 0.717) is 6.54 Å². The number of nitrogens with one attached hydrogen (secondary N) is 2. The standard InChI is InChI=1S/C21H33N7.HI/c1-3-18-10-8-9-14-27(18)15-13-23-21(22-4-2)24-16-20-26-25-17-28(20)19-11-6-5-7-12-19;/h5-7,11-12,17-18H,3-4,8-10,13-16H2,1-2H3,(H2,22,23,24);1H. The summed E-state index contributed by atoms with van der Waals surface area (Å²) in [7, 11) is 0. The molecule has 0 spiro atoms. The van der Waals surface area contributed by atoms with E-state index < -0.39 is 0 Å². The highest BCUT2D eigenvalue weighted by Gasteiger charge is 2.20. The van der Waals surface area contributed by atoms with E-state index >= 15 is 0 Å². The average Bonchev–Trinajstić information content (AvgIpc) is 3.21. The Balaban J connectivity index is 0.00000300. The lowest BCUT2D eigenvalue weighted by atomic mass is 10.0. The van der Waals surface area contributed by atoms with Gasteiger partial charge in [-0.05, 0) is 44.9 Å². The summed E-state index contributed by atoms with van der Waals surface area (Å²) in [4.78, 5) is 7.33. The van der Waals surface area contributed by atoms with Gasteiger partial charge in [0.2, 0.25) is 0 Å². The van der Waals surface area contributed by atoms with Crippen molar-refractivity contribution < 1.29 is 0 Å². The zero-order valence-corrected chi connectivity index (χ0v) is 19.9. The molecule has 0 radical (unpaired) electrons. The molecule has 1 atom stereocenters. The van der Waals surface area contributed by atoms with Crippen LogP contribution in [0.4, 0.5) is 0 Å². The Kier molecular flexibility index (Phi) is 10.4. The highest BCUT2D eigenvalue weighted by Crippen LogP contribution is 2.18. The maximum absolute atomic E-state index is 4.72. The molecule has 2 heterocycles. The third kappa shape index (κ3) is 6.95. The summed E-state index contributed by atoms with van der Waals surface area (Å²) in [6, 6.07) is 10.9. The normalized spacial score (nSPS) is 17.6. The van der Waals surface area contributed by atoms with Gasteiger partial charge in [0.25, 0.3) is 0 Å². The molecule has 0 bridgehead atoms. The summed E-state index contributed by atoms with van der Waals surface area (Å²) in [5.41, 5.74) is 1.05. The van der Waals surface area contributed by atoms with Crippen molar-refractivity contribution in [3.05, 3.63) is 42.5 Å². The fraction of sp³-hybridized carbons (Fsp3) is 0.571. The number of nitrogens with zero attached hydrogens (tertiary/aromatic N) is 5. The second kappa shape index (κ2) is 12.8. The maximum atomic E-state index is 4.72. The van der Waals surface area contributed by atoms with Crippen molar-refractivity contribution in [1.82, 2.24) is 30.3 Å². The molecule has 0 aliphatic carbocycles. The number of piperidine rings is 1. The van der Waals surface area contributed by atoms with Gasteiger partial charge in [-0.1, -0.05) is 31.5 Å². The molecular weight excluding hydrogens is 477 g/mol. The summed E-state index contributed by atoms with van der Waals surface area (Å²) in [5.74, 6) is 1.65. The minimum Gasteiger partial charge on any atom is -0.357 e. The minimum absolute atomic E-state index is 0. The highest BCUT2D eigenvalue weighted by molar-refractivity contribution is 14.0. The van der Waals surface area contributed by atoms with Gasteiger partial charge in [-0.25, -0.2) is 4.99 Å². The SMILES string of the molecule is CCNC(=NCc1nncn1-c1ccccc1)NCCN1CCCCC1CC.I. The van der Waals surface area contributed by atoms with E-state index in [1.54, 1.807) is 6.33 Å². The van der Waals surface area contributed by atoms with E-state index in [1.807, 2.05) is 34.9 Å². The predicted molar refractivity (Wildman–Crippen MR) is 129 cm³/mol. The second-order valence-electron chi connectivity index (χ2n) is 7.17. The molecule has 1 aliphatic heterocycles. The third-order valence-corrected chi connectivity index (χ3v) is 5.29. The Hall–Kier alpha value is -1.68. The van der Waals surface area contributed by atoms with Crippen molar-refractivity contribution in [3.63, 3.8) is 0 Å². The first-order chi connectivity index (χ1) is 13.8. The van der Waals surface area contributed by atoms with Crippen molar-refractivity contribution in [1.29, 1.82) is 0 Å². The van der Waals surface area contributed by atoms with E-state index in [2.05, 4.69) is 39.6 Å². The summed E-state index contributed by atoms with van der Waals surface area (Å²) < 4.78 is 1.98. The van der Waals surface area contributed by atoms with Crippen molar-refractivity contribution in [3.8, 4) is 5.69 Å². The maximum Gasteiger partial charge on any atom is 0.191 e. The lowest BCUT2D eigenvalue weighted by Gasteiger charge is -2.35. The molecular formula is C21H34IN7. The van der Waals surface area contributed by atoms with Crippen LogP contribution in [0.15, 0.2) is 41.7 Å². The van der Waals surface area contributed by atoms with Crippen molar-refractivity contribution in [2.24, 2.45) is 4.99 Å². The van der Waals surface area contributed by atoms with E-state index in [1.165, 1.54) is 32.2 Å². The summed E-state index contributed by atoms with van der Waals surface area (Å²) >= 11 is 0. The Morgan fingerprint density at radius 3 is 2.76 bits per heavy atom. The summed E-state index contributed by atoms with van der Waals surface area (Å²) in [6.45, 7) is 8.86. The number of aromatic nitrogens is 3. The fourth-order valence-corrected chi connectivity index (χ4v) is 3.80. The first-order valence-corrected chi connectivity index (χ1v) is 10.5. The average molecular weight is 511 g/mol. The third-order valence-electron chi connectivity index (χ3n) is 5.29. The molecule has 8 heteroatoms. The molecule has 1 fully saturated rings. The number of hydrogen-bond acceptors (Lipinski definition) is 4.